The molecule has 0 bridgehead atoms. The van der Waals surface area contributed by atoms with Gasteiger partial charge >= 0.3 is 0 Å². The smallest absolute Gasteiger partial charge is 0.265 e. The molecule has 0 spiro atoms. The molecule has 1 N–H and O–H groups in total. The number of thiophene rings is 1. The molecule has 1 amide bonds. The third-order valence-electron chi connectivity index (χ3n) is 4.02. The van der Waals surface area contributed by atoms with Crippen LogP contribution < -0.4 is 5.32 Å². The molecule has 4 rings (SSSR count). The predicted molar refractivity (Wildman–Crippen MR) is 100 cm³/mol. The standard InChI is InChI=1S/C18H11ClFNO3S2/c19-13-8-11(5-6-14(13)20)21-18(22)15-7-10-9-26(23,24)16-4-2-1-3-12(16)17(10)25-15/h1-8H,9H2,(H,21,22). The Kier molecular flexibility index (Phi) is 4.10. The number of benzene rings is 2. The van der Waals surface area contributed by atoms with Crippen LogP contribution in [0, 0.1) is 5.82 Å². The highest BCUT2D eigenvalue weighted by Crippen LogP contribution is 2.42. The number of rotatable bonds is 2. The van der Waals surface area contributed by atoms with E-state index >= 15 is 0 Å². The van der Waals surface area contributed by atoms with Crippen LogP contribution in [0.1, 0.15) is 15.2 Å². The van der Waals surface area contributed by atoms with Crippen LogP contribution in [0.25, 0.3) is 10.4 Å². The van der Waals surface area contributed by atoms with Crippen molar-refractivity contribution in [3.8, 4) is 10.4 Å². The van der Waals surface area contributed by atoms with E-state index in [0.717, 1.165) is 4.88 Å². The third kappa shape index (κ3) is 2.92. The number of nitrogens with one attached hydrogen (secondary N) is 1. The van der Waals surface area contributed by atoms with Gasteiger partial charge in [-0.15, -0.1) is 11.3 Å². The Bertz CT molecular complexity index is 1150. The van der Waals surface area contributed by atoms with Crippen molar-refractivity contribution >= 4 is 44.4 Å². The zero-order valence-corrected chi connectivity index (χ0v) is 15.5. The molecule has 3 aromatic rings. The molecule has 2 heterocycles. The molecule has 1 aliphatic rings. The number of hydrogen-bond donors (Lipinski definition) is 1. The largest absolute Gasteiger partial charge is 0.321 e. The predicted octanol–water partition coefficient (Wildman–Crippen LogP) is 4.75. The fourth-order valence-electron chi connectivity index (χ4n) is 2.85. The van der Waals surface area contributed by atoms with Crippen molar-refractivity contribution in [2.75, 3.05) is 5.32 Å². The van der Waals surface area contributed by atoms with Crippen molar-refractivity contribution in [1.82, 2.24) is 0 Å². The summed E-state index contributed by atoms with van der Waals surface area (Å²) >= 11 is 6.95. The van der Waals surface area contributed by atoms with Gasteiger partial charge in [0.2, 0.25) is 0 Å². The van der Waals surface area contributed by atoms with Crippen molar-refractivity contribution in [1.29, 1.82) is 0 Å². The van der Waals surface area contributed by atoms with E-state index in [0.29, 0.717) is 21.7 Å². The molecule has 1 aromatic heterocycles. The van der Waals surface area contributed by atoms with Gasteiger partial charge in [-0.1, -0.05) is 29.8 Å². The molecule has 0 atom stereocenters. The third-order valence-corrected chi connectivity index (χ3v) is 7.24. The Morgan fingerprint density at radius 3 is 2.69 bits per heavy atom. The normalized spacial score (nSPS) is 14.4. The first-order chi connectivity index (χ1) is 12.3. The summed E-state index contributed by atoms with van der Waals surface area (Å²) in [5.74, 6) is -1.11. The van der Waals surface area contributed by atoms with Crippen LogP contribution in [0.4, 0.5) is 10.1 Å². The maximum Gasteiger partial charge on any atom is 0.265 e. The van der Waals surface area contributed by atoms with Gasteiger partial charge in [-0.05, 0) is 35.9 Å². The molecule has 0 saturated heterocycles. The summed E-state index contributed by atoms with van der Waals surface area (Å²) in [5, 5.41) is 2.56. The van der Waals surface area contributed by atoms with E-state index in [9.17, 15) is 17.6 Å². The molecule has 4 nitrogen and oxygen atoms in total. The van der Waals surface area contributed by atoms with Crippen molar-refractivity contribution in [2.24, 2.45) is 0 Å². The van der Waals surface area contributed by atoms with Crippen LogP contribution >= 0.6 is 22.9 Å². The highest BCUT2D eigenvalue weighted by Gasteiger charge is 2.30. The summed E-state index contributed by atoms with van der Waals surface area (Å²) in [5.41, 5.74) is 1.58. The summed E-state index contributed by atoms with van der Waals surface area (Å²) in [6, 6.07) is 12.3. The number of sulfone groups is 1. The van der Waals surface area contributed by atoms with Gasteiger partial charge < -0.3 is 5.32 Å². The van der Waals surface area contributed by atoms with Crippen LogP contribution in [-0.2, 0) is 15.6 Å². The summed E-state index contributed by atoms with van der Waals surface area (Å²) < 4.78 is 38.1. The van der Waals surface area contributed by atoms with Crippen LogP contribution in [0.2, 0.25) is 5.02 Å². The Labute approximate surface area is 158 Å². The quantitative estimate of drug-likeness (QED) is 0.666. The van der Waals surface area contributed by atoms with E-state index in [1.54, 1.807) is 30.3 Å². The van der Waals surface area contributed by atoms with Crippen LogP contribution in [-0.4, -0.2) is 14.3 Å². The number of hydrogen-bond acceptors (Lipinski definition) is 4. The number of halogens is 2. The number of carbonyl (C=O) groups excluding carboxylic acids is 1. The van der Waals surface area contributed by atoms with Crippen molar-refractivity contribution in [3.05, 3.63) is 69.8 Å². The van der Waals surface area contributed by atoms with Crippen molar-refractivity contribution in [2.45, 2.75) is 10.6 Å². The van der Waals surface area contributed by atoms with E-state index < -0.39 is 21.6 Å². The lowest BCUT2D eigenvalue weighted by molar-refractivity contribution is 0.103. The molecule has 0 unspecified atom stereocenters. The van der Waals surface area contributed by atoms with E-state index in [-0.39, 0.29) is 15.7 Å². The number of anilines is 1. The lowest BCUT2D eigenvalue weighted by atomic mass is 10.1. The summed E-state index contributed by atoms with van der Waals surface area (Å²) in [6.07, 6.45) is 0. The lowest BCUT2D eigenvalue weighted by Gasteiger charge is -2.15. The molecular formula is C18H11ClFNO3S2. The molecule has 0 radical (unpaired) electrons. The second kappa shape index (κ2) is 6.19. The highest BCUT2D eigenvalue weighted by atomic mass is 35.5. The Morgan fingerprint density at radius 2 is 1.92 bits per heavy atom. The molecule has 26 heavy (non-hydrogen) atoms. The monoisotopic (exact) mass is 407 g/mol. The zero-order chi connectivity index (χ0) is 18.5. The Hall–Kier alpha value is -2.22. The Morgan fingerprint density at radius 1 is 1.15 bits per heavy atom. The van der Waals surface area contributed by atoms with Crippen LogP contribution in [0.15, 0.2) is 53.4 Å². The molecule has 2 aromatic carbocycles. The van der Waals surface area contributed by atoms with Crippen molar-refractivity contribution < 1.29 is 17.6 Å². The van der Waals surface area contributed by atoms with E-state index in [1.165, 1.54) is 29.5 Å². The maximum atomic E-state index is 13.2. The summed E-state index contributed by atoms with van der Waals surface area (Å²) in [6.45, 7) is 0. The van der Waals surface area contributed by atoms with Gasteiger partial charge in [0.15, 0.2) is 9.84 Å². The SMILES string of the molecule is O=C(Nc1ccc(F)c(Cl)c1)c1cc2c(s1)-c1ccccc1S(=O)(=O)C2. The van der Waals surface area contributed by atoms with E-state index in [1.807, 2.05) is 0 Å². The minimum Gasteiger partial charge on any atom is -0.321 e. The molecule has 132 valence electrons. The van der Waals surface area contributed by atoms with Gasteiger partial charge in [-0.2, -0.15) is 0 Å². The van der Waals surface area contributed by atoms with Gasteiger partial charge in [0, 0.05) is 16.1 Å². The van der Waals surface area contributed by atoms with Crippen molar-refractivity contribution in [3.63, 3.8) is 0 Å². The molecule has 0 aliphatic carbocycles. The molecule has 0 saturated carbocycles. The summed E-state index contributed by atoms with van der Waals surface area (Å²) in [7, 11) is -3.42. The van der Waals surface area contributed by atoms with Gasteiger partial charge in [-0.3, -0.25) is 4.79 Å². The van der Waals surface area contributed by atoms with Gasteiger partial charge in [0.05, 0.1) is 20.5 Å². The molecular weight excluding hydrogens is 397 g/mol. The van der Waals surface area contributed by atoms with Gasteiger partial charge in [0.1, 0.15) is 5.82 Å². The lowest BCUT2D eigenvalue weighted by Crippen LogP contribution is -2.11. The zero-order valence-electron chi connectivity index (χ0n) is 13.1. The number of carbonyl (C=O) groups is 1. The first kappa shape index (κ1) is 17.2. The van der Waals surface area contributed by atoms with Crippen LogP contribution in [0.5, 0.6) is 0 Å². The number of amides is 1. The second-order valence-electron chi connectivity index (χ2n) is 5.80. The van der Waals surface area contributed by atoms with Gasteiger partial charge in [0.25, 0.3) is 5.91 Å². The molecule has 8 heteroatoms. The first-order valence-corrected chi connectivity index (χ1v) is 10.4. The Balaban J connectivity index is 1.70. The second-order valence-corrected chi connectivity index (χ2v) is 9.22. The van der Waals surface area contributed by atoms with E-state index in [4.69, 9.17) is 11.6 Å². The van der Waals surface area contributed by atoms with Gasteiger partial charge in [-0.25, -0.2) is 12.8 Å². The molecule has 1 aliphatic heterocycles. The first-order valence-electron chi connectivity index (χ1n) is 7.56. The summed E-state index contributed by atoms with van der Waals surface area (Å²) in [4.78, 5) is 14.0. The topological polar surface area (TPSA) is 63.2 Å². The fourth-order valence-corrected chi connectivity index (χ4v) is 5.89. The number of fused-ring (bicyclic) bond motifs is 3. The average molecular weight is 408 g/mol. The minimum atomic E-state index is -3.42. The van der Waals surface area contributed by atoms with Crippen LogP contribution in [0.3, 0.4) is 0 Å². The average Bonchev–Trinajstić information content (AvgIpc) is 3.02. The fraction of sp³-hybridized carbons (Fsp3) is 0.0556. The highest BCUT2D eigenvalue weighted by molar-refractivity contribution is 7.91. The van der Waals surface area contributed by atoms with E-state index in [2.05, 4.69) is 5.32 Å². The molecule has 0 fully saturated rings. The maximum absolute atomic E-state index is 13.2. The minimum absolute atomic E-state index is 0.0895.